The molecule has 200 valence electrons. The van der Waals surface area contributed by atoms with Crippen LogP contribution >= 0.6 is 0 Å². The van der Waals surface area contributed by atoms with Gasteiger partial charge in [-0.25, -0.2) is 0 Å². The van der Waals surface area contributed by atoms with Gasteiger partial charge >= 0.3 is 0 Å². The number of hydrogen-bond donors (Lipinski definition) is 4. The molecule has 1 heterocycles. The fourth-order valence-electron chi connectivity index (χ4n) is 4.93. The van der Waals surface area contributed by atoms with Crippen LogP contribution in [0.2, 0.25) is 0 Å². The highest BCUT2D eigenvalue weighted by molar-refractivity contribution is 5.96. The number of hydrogen-bond acceptors (Lipinski definition) is 7. The van der Waals surface area contributed by atoms with E-state index in [2.05, 4.69) is 19.2 Å². The van der Waals surface area contributed by atoms with Crippen molar-refractivity contribution >= 4 is 11.8 Å². The summed E-state index contributed by atoms with van der Waals surface area (Å²) in [7, 11) is 1.49. The van der Waals surface area contributed by atoms with Gasteiger partial charge in [-0.15, -0.1) is 0 Å². The quantitative estimate of drug-likeness (QED) is 0.342. The number of rotatable bonds is 12. The predicted octanol–water partition coefficient (Wildman–Crippen LogP) is 1.87. The van der Waals surface area contributed by atoms with Crippen molar-refractivity contribution in [3.63, 3.8) is 0 Å². The molecular weight excluding hydrogens is 464 g/mol. The molecule has 0 aromatic heterocycles. The Kier molecular flexibility index (Phi) is 9.76. The molecule has 0 saturated carbocycles. The number of amides is 2. The van der Waals surface area contributed by atoms with Crippen LogP contribution < -0.4 is 14.8 Å². The lowest BCUT2D eigenvalue weighted by Gasteiger charge is -2.41. The summed E-state index contributed by atoms with van der Waals surface area (Å²) in [5.41, 5.74) is 1.59. The SMILES string of the molecule is CCCCC(=O)N(CCC(C)C)C1C=C(C(=O)NCCO)C2c3cc(CO)cc(OC)c3OC2C1O. The number of nitrogens with zero attached hydrogens (tertiary/aromatic N) is 1. The molecule has 0 fully saturated rings. The van der Waals surface area contributed by atoms with Crippen LogP contribution in [-0.4, -0.2) is 77.1 Å². The van der Waals surface area contributed by atoms with E-state index in [9.17, 15) is 24.9 Å². The second-order valence-electron chi connectivity index (χ2n) is 9.89. The van der Waals surface area contributed by atoms with Crippen molar-refractivity contribution in [3.8, 4) is 11.5 Å². The zero-order valence-corrected chi connectivity index (χ0v) is 21.7. The van der Waals surface area contributed by atoms with Crippen LogP contribution in [0, 0.1) is 5.92 Å². The maximum atomic E-state index is 13.3. The molecule has 0 saturated heterocycles. The van der Waals surface area contributed by atoms with E-state index in [0.717, 1.165) is 19.3 Å². The molecule has 4 N–H and O–H groups in total. The van der Waals surface area contributed by atoms with Gasteiger partial charge in [-0.05, 0) is 42.5 Å². The summed E-state index contributed by atoms with van der Waals surface area (Å²) in [6, 6.07) is 2.67. The number of aliphatic hydroxyl groups is 3. The number of benzene rings is 1. The van der Waals surface area contributed by atoms with Gasteiger partial charge < -0.3 is 35.0 Å². The second kappa shape index (κ2) is 12.6. The van der Waals surface area contributed by atoms with Crippen molar-refractivity contribution in [2.24, 2.45) is 5.92 Å². The molecule has 4 unspecified atom stereocenters. The fourth-order valence-corrected chi connectivity index (χ4v) is 4.93. The van der Waals surface area contributed by atoms with Crippen LogP contribution in [0.15, 0.2) is 23.8 Å². The highest BCUT2D eigenvalue weighted by Crippen LogP contribution is 2.51. The van der Waals surface area contributed by atoms with Crippen LogP contribution in [0.5, 0.6) is 11.5 Å². The molecule has 1 aromatic rings. The van der Waals surface area contributed by atoms with Crippen LogP contribution in [0.25, 0.3) is 0 Å². The Morgan fingerprint density at radius 1 is 1.25 bits per heavy atom. The molecule has 4 atom stereocenters. The zero-order valence-electron chi connectivity index (χ0n) is 21.7. The normalized spacial score (nSPS) is 22.4. The Morgan fingerprint density at radius 3 is 2.61 bits per heavy atom. The third-order valence-corrected chi connectivity index (χ3v) is 6.87. The molecule has 36 heavy (non-hydrogen) atoms. The summed E-state index contributed by atoms with van der Waals surface area (Å²) in [4.78, 5) is 28.2. The monoisotopic (exact) mass is 504 g/mol. The summed E-state index contributed by atoms with van der Waals surface area (Å²) in [6.45, 7) is 6.25. The fraction of sp³-hybridized carbons (Fsp3) is 0.630. The lowest BCUT2D eigenvalue weighted by Crippen LogP contribution is -2.56. The van der Waals surface area contributed by atoms with Gasteiger partial charge in [-0.3, -0.25) is 9.59 Å². The zero-order chi connectivity index (χ0) is 26.4. The topological polar surface area (TPSA) is 129 Å². The van der Waals surface area contributed by atoms with Crippen molar-refractivity contribution in [2.75, 3.05) is 26.8 Å². The third kappa shape index (κ3) is 5.85. The van der Waals surface area contributed by atoms with E-state index in [-0.39, 0.29) is 25.7 Å². The van der Waals surface area contributed by atoms with E-state index in [1.807, 2.05) is 6.92 Å². The van der Waals surface area contributed by atoms with E-state index < -0.39 is 30.1 Å². The predicted molar refractivity (Wildman–Crippen MR) is 135 cm³/mol. The molecule has 0 radical (unpaired) electrons. The van der Waals surface area contributed by atoms with Crippen molar-refractivity contribution in [3.05, 3.63) is 34.9 Å². The van der Waals surface area contributed by atoms with Gasteiger partial charge in [-0.2, -0.15) is 0 Å². The Labute approximate surface area is 213 Å². The van der Waals surface area contributed by atoms with Gasteiger partial charge in [-0.1, -0.05) is 27.2 Å². The van der Waals surface area contributed by atoms with Crippen molar-refractivity contribution in [1.82, 2.24) is 10.2 Å². The molecule has 3 rings (SSSR count). The summed E-state index contributed by atoms with van der Waals surface area (Å²) in [5, 5.41) is 33.3. The smallest absolute Gasteiger partial charge is 0.247 e. The highest BCUT2D eigenvalue weighted by atomic mass is 16.5. The van der Waals surface area contributed by atoms with Crippen LogP contribution in [0.3, 0.4) is 0 Å². The lowest BCUT2D eigenvalue weighted by atomic mass is 9.77. The van der Waals surface area contributed by atoms with E-state index in [4.69, 9.17) is 9.47 Å². The van der Waals surface area contributed by atoms with Crippen LogP contribution in [-0.2, 0) is 16.2 Å². The Balaban J connectivity index is 2.09. The highest BCUT2D eigenvalue weighted by Gasteiger charge is 2.51. The summed E-state index contributed by atoms with van der Waals surface area (Å²) < 4.78 is 11.7. The number of fused-ring (bicyclic) bond motifs is 3. The standard InChI is InChI=1S/C27H40N2O7/c1-5-6-7-22(32)29(10-8-16(2)3)20-14-19(27(34)28-9-11-30)23-18-12-17(15-31)13-21(35-4)25(18)36-26(23)24(20)33/h12-14,16,20,23-24,26,30-31,33H,5-11,15H2,1-4H3,(H,28,34). The van der Waals surface area contributed by atoms with E-state index >= 15 is 0 Å². The average molecular weight is 505 g/mol. The third-order valence-electron chi connectivity index (χ3n) is 6.87. The van der Waals surface area contributed by atoms with Gasteiger partial charge in [0.25, 0.3) is 0 Å². The number of carbonyl (C=O) groups excluding carboxylic acids is 2. The van der Waals surface area contributed by atoms with Crippen molar-refractivity contribution < 1.29 is 34.4 Å². The van der Waals surface area contributed by atoms with Gasteiger partial charge in [0.1, 0.15) is 12.2 Å². The number of aliphatic hydroxyl groups excluding tert-OH is 3. The average Bonchev–Trinajstić information content (AvgIpc) is 3.26. The lowest BCUT2D eigenvalue weighted by molar-refractivity contribution is -0.137. The maximum Gasteiger partial charge on any atom is 0.247 e. The molecule has 0 bridgehead atoms. The molecule has 9 nitrogen and oxygen atoms in total. The number of carbonyl (C=O) groups is 2. The van der Waals surface area contributed by atoms with Crippen LogP contribution in [0.4, 0.5) is 0 Å². The molecule has 0 spiro atoms. The summed E-state index contributed by atoms with van der Waals surface area (Å²) in [5.74, 6) is 0.0804. The summed E-state index contributed by atoms with van der Waals surface area (Å²) >= 11 is 0. The van der Waals surface area contributed by atoms with E-state index in [1.165, 1.54) is 7.11 Å². The van der Waals surface area contributed by atoms with E-state index in [0.29, 0.717) is 47.1 Å². The number of nitrogens with one attached hydrogen (secondary N) is 1. The summed E-state index contributed by atoms with van der Waals surface area (Å²) in [6.07, 6.45) is 2.49. The van der Waals surface area contributed by atoms with Crippen molar-refractivity contribution in [2.45, 2.75) is 77.2 Å². The Hall–Kier alpha value is -2.62. The first kappa shape index (κ1) is 28.0. The Bertz CT molecular complexity index is 962. The number of unbranched alkanes of at least 4 members (excludes halogenated alkanes) is 1. The molecule has 1 aromatic carbocycles. The first-order valence-electron chi connectivity index (χ1n) is 12.8. The van der Waals surface area contributed by atoms with Gasteiger partial charge in [0.05, 0.1) is 32.3 Å². The van der Waals surface area contributed by atoms with Gasteiger partial charge in [0, 0.05) is 30.6 Å². The number of ether oxygens (including phenoxy) is 2. The minimum Gasteiger partial charge on any atom is -0.493 e. The minimum atomic E-state index is -1.09. The Morgan fingerprint density at radius 2 is 2.00 bits per heavy atom. The van der Waals surface area contributed by atoms with E-state index in [1.54, 1.807) is 23.1 Å². The maximum absolute atomic E-state index is 13.3. The molecule has 2 amide bonds. The molecule has 9 heteroatoms. The molecular formula is C27H40N2O7. The first-order valence-corrected chi connectivity index (χ1v) is 12.8. The second-order valence-corrected chi connectivity index (χ2v) is 9.89. The molecule has 2 aliphatic rings. The van der Waals surface area contributed by atoms with Crippen molar-refractivity contribution in [1.29, 1.82) is 0 Å². The molecule has 1 aliphatic heterocycles. The van der Waals surface area contributed by atoms with Gasteiger partial charge in [0.15, 0.2) is 11.5 Å². The number of methoxy groups -OCH3 is 1. The largest absolute Gasteiger partial charge is 0.493 e. The van der Waals surface area contributed by atoms with Crippen LogP contribution in [0.1, 0.15) is 63.5 Å². The minimum absolute atomic E-state index is 0.0676. The first-order chi connectivity index (χ1) is 17.3. The van der Waals surface area contributed by atoms with Gasteiger partial charge in [0.2, 0.25) is 11.8 Å². The molecule has 1 aliphatic carbocycles.